The zero-order chi connectivity index (χ0) is 14.4. The Kier molecular flexibility index (Phi) is 5.65. The summed E-state index contributed by atoms with van der Waals surface area (Å²) < 4.78 is 11.4. The van der Waals surface area contributed by atoms with Crippen molar-refractivity contribution in [2.45, 2.75) is 33.6 Å². The standard InChI is InChI=1S/C16H20ClNO2/c1-3-18-9-16-12(2)8-15(20-16)11-19-10-13-4-6-14(17)7-5-13/h4-8,18H,3,9-11H2,1-2H3. The first-order valence-electron chi connectivity index (χ1n) is 6.80. The number of ether oxygens (including phenoxy) is 1. The Balaban J connectivity index is 1.83. The largest absolute Gasteiger partial charge is 0.462 e. The molecule has 0 saturated carbocycles. The molecule has 0 fully saturated rings. The highest BCUT2D eigenvalue weighted by atomic mass is 35.5. The molecule has 0 amide bonds. The molecule has 108 valence electrons. The van der Waals surface area contributed by atoms with Crippen molar-refractivity contribution in [1.82, 2.24) is 5.32 Å². The molecule has 0 aliphatic rings. The lowest BCUT2D eigenvalue weighted by Gasteiger charge is -2.03. The zero-order valence-corrected chi connectivity index (χ0v) is 12.7. The molecule has 0 radical (unpaired) electrons. The van der Waals surface area contributed by atoms with E-state index in [2.05, 4.69) is 19.2 Å². The van der Waals surface area contributed by atoms with E-state index in [0.717, 1.165) is 40.8 Å². The Morgan fingerprint density at radius 3 is 2.65 bits per heavy atom. The van der Waals surface area contributed by atoms with Crippen molar-refractivity contribution in [2.75, 3.05) is 6.54 Å². The van der Waals surface area contributed by atoms with Gasteiger partial charge in [0.1, 0.15) is 18.1 Å². The van der Waals surface area contributed by atoms with Gasteiger partial charge in [0.25, 0.3) is 0 Å². The number of halogens is 1. The summed E-state index contributed by atoms with van der Waals surface area (Å²) >= 11 is 5.84. The van der Waals surface area contributed by atoms with Gasteiger partial charge in [0.15, 0.2) is 0 Å². The van der Waals surface area contributed by atoms with E-state index in [0.29, 0.717) is 13.2 Å². The summed E-state index contributed by atoms with van der Waals surface area (Å²) in [6.07, 6.45) is 0. The van der Waals surface area contributed by atoms with E-state index in [1.54, 1.807) is 0 Å². The van der Waals surface area contributed by atoms with E-state index >= 15 is 0 Å². The van der Waals surface area contributed by atoms with Gasteiger partial charge in [0.05, 0.1) is 13.2 Å². The molecule has 0 bridgehead atoms. The summed E-state index contributed by atoms with van der Waals surface area (Å²) in [5.74, 6) is 1.85. The van der Waals surface area contributed by atoms with E-state index in [4.69, 9.17) is 20.8 Å². The first-order valence-corrected chi connectivity index (χ1v) is 7.18. The van der Waals surface area contributed by atoms with Gasteiger partial charge in [-0.1, -0.05) is 30.7 Å². The summed E-state index contributed by atoms with van der Waals surface area (Å²) in [4.78, 5) is 0. The molecule has 4 heteroatoms. The van der Waals surface area contributed by atoms with Crippen LogP contribution < -0.4 is 5.32 Å². The monoisotopic (exact) mass is 293 g/mol. The van der Waals surface area contributed by atoms with Gasteiger partial charge in [0.2, 0.25) is 0 Å². The predicted octanol–water partition coefficient (Wildman–Crippen LogP) is 4.07. The van der Waals surface area contributed by atoms with Crippen LogP contribution in [0.3, 0.4) is 0 Å². The smallest absolute Gasteiger partial charge is 0.130 e. The van der Waals surface area contributed by atoms with Gasteiger partial charge in [-0.25, -0.2) is 0 Å². The number of hydrogen-bond acceptors (Lipinski definition) is 3. The van der Waals surface area contributed by atoms with Crippen molar-refractivity contribution < 1.29 is 9.15 Å². The van der Waals surface area contributed by atoms with Crippen LogP contribution in [0, 0.1) is 6.92 Å². The number of nitrogens with one attached hydrogen (secondary N) is 1. The average molecular weight is 294 g/mol. The van der Waals surface area contributed by atoms with Crippen molar-refractivity contribution in [2.24, 2.45) is 0 Å². The molecule has 1 N–H and O–H groups in total. The molecule has 1 heterocycles. The van der Waals surface area contributed by atoms with Crippen LogP contribution in [0.4, 0.5) is 0 Å². The average Bonchev–Trinajstić information content (AvgIpc) is 2.79. The van der Waals surface area contributed by atoms with E-state index in [1.807, 2.05) is 30.3 Å². The Hall–Kier alpha value is -1.29. The Morgan fingerprint density at radius 2 is 1.95 bits per heavy atom. The molecular weight excluding hydrogens is 274 g/mol. The van der Waals surface area contributed by atoms with Crippen LogP contribution in [0.2, 0.25) is 5.02 Å². The van der Waals surface area contributed by atoms with Gasteiger partial charge in [-0.05, 0) is 42.8 Å². The molecule has 0 aliphatic heterocycles. The Bertz CT molecular complexity index is 534. The minimum absolute atomic E-state index is 0.482. The SMILES string of the molecule is CCNCc1oc(COCc2ccc(Cl)cc2)cc1C. The third-order valence-corrected chi connectivity index (χ3v) is 3.29. The van der Waals surface area contributed by atoms with Crippen molar-refractivity contribution in [3.63, 3.8) is 0 Å². The van der Waals surface area contributed by atoms with Crippen LogP contribution in [0.1, 0.15) is 29.6 Å². The maximum Gasteiger partial charge on any atom is 0.130 e. The van der Waals surface area contributed by atoms with Crippen molar-refractivity contribution >= 4 is 11.6 Å². The van der Waals surface area contributed by atoms with Crippen LogP contribution in [0.15, 0.2) is 34.7 Å². The van der Waals surface area contributed by atoms with Crippen LogP contribution in [0.25, 0.3) is 0 Å². The van der Waals surface area contributed by atoms with Crippen molar-refractivity contribution in [3.05, 3.63) is 58.0 Å². The lowest BCUT2D eigenvalue weighted by atomic mass is 10.2. The third kappa shape index (κ3) is 4.37. The zero-order valence-electron chi connectivity index (χ0n) is 11.9. The molecule has 2 rings (SSSR count). The summed E-state index contributed by atoms with van der Waals surface area (Å²) in [6.45, 7) is 6.87. The minimum Gasteiger partial charge on any atom is -0.462 e. The van der Waals surface area contributed by atoms with Gasteiger partial charge in [-0.2, -0.15) is 0 Å². The second-order valence-electron chi connectivity index (χ2n) is 4.72. The summed E-state index contributed by atoms with van der Waals surface area (Å²) in [6, 6.07) is 9.70. The topological polar surface area (TPSA) is 34.4 Å². The molecule has 0 saturated heterocycles. The maximum absolute atomic E-state index is 5.84. The fourth-order valence-corrected chi connectivity index (χ4v) is 2.05. The van der Waals surface area contributed by atoms with E-state index < -0.39 is 0 Å². The van der Waals surface area contributed by atoms with Gasteiger partial charge in [0, 0.05) is 5.02 Å². The van der Waals surface area contributed by atoms with E-state index in [-0.39, 0.29) is 0 Å². The molecule has 1 aromatic carbocycles. The Labute approximate surface area is 124 Å². The van der Waals surface area contributed by atoms with E-state index in [1.165, 1.54) is 0 Å². The van der Waals surface area contributed by atoms with Gasteiger partial charge >= 0.3 is 0 Å². The molecular formula is C16H20ClNO2. The highest BCUT2D eigenvalue weighted by Gasteiger charge is 2.07. The minimum atomic E-state index is 0.482. The summed E-state index contributed by atoms with van der Waals surface area (Å²) in [7, 11) is 0. The summed E-state index contributed by atoms with van der Waals surface area (Å²) in [5, 5.41) is 4.00. The first-order chi connectivity index (χ1) is 9.69. The molecule has 3 nitrogen and oxygen atoms in total. The number of benzene rings is 1. The predicted molar refractivity (Wildman–Crippen MR) is 80.8 cm³/mol. The molecule has 0 aliphatic carbocycles. The molecule has 0 unspecified atom stereocenters. The quantitative estimate of drug-likeness (QED) is 0.836. The molecule has 0 spiro atoms. The fraction of sp³-hybridized carbons (Fsp3) is 0.375. The Morgan fingerprint density at radius 1 is 1.20 bits per heavy atom. The van der Waals surface area contributed by atoms with Crippen LogP contribution in [-0.4, -0.2) is 6.54 Å². The third-order valence-electron chi connectivity index (χ3n) is 3.03. The van der Waals surface area contributed by atoms with Crippen molar-refractivity contribution in [3.8, 4) is 0 Å². The van der Waals surface area contributed by atoms with E-state index in [9.17, 15) is 0 Å². The number of hydrogen-bond donors (Lipinski definition) is 1. The number of rotatable bonds is 7. The van der Waals surface area contributed by atoms with Crippen LogP contribution >= 0.6 is 11.6 Å². The maximum atomic E-state index is 5.84. The molecule has 2 aromatic rings. The van der Waals surface area contributed by atoms with Crippen LogP contribution in [0.5, 0.6) is 0 Å². The second-order valence-corrected chi connectivity index (χ2v) is 5.15. The van der Waals surface area contributed by atoms with Gasteiger partial charge in [-0.3, -0.25) is 0 Å². The van der Waals surface area contributed by atoms with Gasteiger partial charge in [-0.15, -0.1) is 0 Å². The molecule has 1 aromatic heterocycles. The highest BCUT2D eigenvalue weighted by Crippen LogP contribution is 2.16. The fourth-order valence-electron chi connectivity index (χ4n) is 1.93. The second kappa shape index (κ2) is 7.48. The highest BCUT2D eigenvalue weighted by molar-refractivity contribution is 6.30. The normalized spacial score (nSPS) is 10.9. The lowest BCUT2D eigenvalue weighted by molar-refractivity contribution is 0.0920. The molecule has 20 heavy (non-hydrogen) atoms. The van der Waals surface area contributed by atoms with Crippen molar-refractivity contribution in [1.29, 1.82) is 0 Å². The summed E-state index contributed by atoms with van der Waals surface area (Å²) in [5.41, 5.74) is 2.27. The lowest BCUT2D eigenvalue weighted by Crippen LogP contribution is -2.11. The number of furan rings is 1. The number of aryl methyl sites for hydroxylation is 1. The van der Waals surface area contributed by atoms with Gasteiger partial charge < -0.3 is 14.5 Å². The molecule has 0 atom stereocenters. The first kappa shape index (κ1) is 15.1. The van der Waals surface area contributed by atoms with Crippen LogP contribution in [-0.2, 0) is 24.5 Å².